The number of piperazine rings is 1. The summed E-state index contributed by atoms with van der Waals surface area (Å²) in [6.07, 6.45) is 3.57. The smallest absolute Gasteiger partial charge is 0.238 e. The molecule has 1 aliphatic heterocycles. The molecule has 0 spiro atoms. The van der Waals surface area contributed by atoms with Crippen LogP contribution < -0.4 is 10.6 Å². The average Bonchev–Trinajstić information content (AvgIpc) is 2.40. The van der Waals surface area contributed by atoms with Crippen LogP contribution in [-0.2, 0) is 11.3 Å². The highest BCUT2D eigenvalue weighted by Gasteiger charge is 2.27. The zero-order valence-corrected chi connectivity index (χ0v) is 10.0. The third kappa shape index (κ3) is 3.01. The standard InChI is InChI=1S/C12H18N4O/c1-13-12(17)11-8-15-6-7-16(11)9-10-2-4-14-5-3-10/h2-5,11,15H,6-9H2,1H3,(H,13,17). The fourth-order valence-corrected chi connectivity index (χ4v) is 2.08. The first-order valence-electron chi connectivity index (χ1n) is 5.86. The van der Waals surface area contributed by atoms with Crippen LogP contribution in [0, 0.1) is 0 Å². The summed E-state index contributed by atoms with van der Waals surface area (Å²) >= 11 is 0. The first kappa shape index (κ1) is 12.0. The number of likely N-dealkylation sites (N-methyl/N-ethyl adjacent to an activating group) is 1. The molecule has 92 valence electrons. The molecule has 1 atom stereocenters. The summed E-state index contributed by atoms with van der Waals surface area (Å²) in [7, 11) is 1.68. The van der Waals surface area contributed by atoms with Crippen molar-refractivity contribution in [2.75, 3.05) is 26.7 Å². The van der Waals surface area contributed by atoms with Crippen molar-refractivity contribution in [3.05, 3.63) is 30.1 Å². The van der Waals surface area contributed by atoms with E-state index in [-0.39, 0.29) is 11.9 Å². The van der Waals surface area contributed by atoms with Gasteiger partial charge >= 0.3 is 0 Å². The van der Waals surface area contributed by atoms with Crippen molar-refractivity contribution in [1.82, 2.24) is 20.5 Å². The zero-order chi connectivity index (χ0) is 12.1. The van der Waals surface area contributed by atoms with Gasteiger partial charge < -0.3 is 10.6 Å². The van der Waals surface area contributed by atoms with Crippen LogP contribution in [0.25, 0.3) is 0 Å². The molecular weight excluding hydrogens is 216 g/mol. The number of rotatable bonds is 3. The van der Waals surface area contributed by atoms with Gasteiger partial charge in [0.15, 0.2) is 0 Å². The second-order valence-electron chi connectivity index (χ2n) is 4.16. The predicted molar refractivity (Wildman–Crippen MR) is 65.4 cm³/mol. The molecule has 0 saturated carbocycles. The highest BCUT2D eigenvalue weighted by molar-refractivity contribution is 5.81. The molecule has 17 heavy (non-hydrogen) atoms. The lowest BCUT2D eigenvalue weighted by Gasteiger charge is -2.34. The largest absolute Gasteiger partial charge is 0.358 e. The van der Waals surface area contributed by atoms with E-state index >= 15 is 0 Å². The molecule has 1 saturated heterocycles. The third-order valence-corrected chi connectivity index (χ3v) is 3.04. The van der Waals surface area contributed by atoms with Crippen LogP contribution in [0.2, 0.25) is 0 Å². The van der Waals surface area contributed by atoms with Gasteiger partial charge in [-0.3, -0.25) is 14.7 Å². The predicted octanol–water partition coefficient (Wildman–Crippen LogP) is -0.399. The normalized spacial score (nSPS) is 21.1. The number of nitrogens with one attached hydrogen (secondary N) is 2. The maximum atomic E-state index is 11.8. The molecule has 1 fully saturated rings. The summed E-state index contributed by atoms with van der Waals surface area (Å²) in [5.41, 5.74) is 1.19. The number of aromatic nitrogens is 1. The monoisotopic (exact) mass is 234 g/mol. The van der Waals surface area contributed by atoms with Gasteiger partial charge in [0.1, 0.15) is 6.04 Å². The number of hydrogen-bond donors (Lipinski definition) is 2. The lowest BCUT2D eigenvalue weighted by Crippen LogP contribution is -2.56. The van der Waals surface area contributed by atoms with Crippen LogP contribution >= 0.6 is 0 Å². The lowest BCUT2D eigenvalue weighted by molar-refractivity contribution is -0.126. The molecule has 2 N–H and O–H groups in total. The molecule has 0 aromatic carbocycles. The molecule has 1 aromatic heterocycles. The number of amides is 1. The molecule has 0 radical (unpaired) electrons. The van der Waals surface area contributed by atoms with Crippen molar-refractivity contribution >= 4 is 5.91 Å². The van der Waals surface area contributed by atoms with Gasteiger partial charge in [0, 0.05) is 45.6 Å². The highest BCUT2D eigenvalue weighted by Crippen LogP contribution is 2.09. The summed E-state index contributed by atoms with van der Waals surface area (Å²) in [5.74, 6) is 0.0752. The molecule has 1 unspecified atom stereocenters. The van der Waals surface area contributed by atoms with Crippen LogP contribution in [-0.4, -0.2) is 48.5 Å². The van der Waals surface area contributed by atoms with E-state index in [4.69, 9.17) is 0 Å². The van der Waals surface area contributed by atoms with Gasteiger partial charge in [0.05, 0.1) is 0 Å². The molecule has 2 heterocycles. The van der Waals surface area contributed by atoms with Gasteiger partial charge in [-0.25, -0.2) is 0 Å². The van der Waals surface area contributed by atoms with Gasteiger partial charge in [-0.15, -0.1) is 0 Å². The Balaban J connectivity index is 2.04. The van der Waals surface area contributed by atoms with Crippen molar-refractivity contribution in [2.45, 2.75) is 12.6 Å². The van der Waals surface area contributed by atoms with E-state index in [1.165, 1.54) is 5.56 Å². The quantitative estimate of drug-likeness (QED) is 0.747. The maximum Gasteiger partial charge on any atom is 0.238 e. The van der Waals surface area contributed by atoms with Crippen LogP contribution in [0.3, 0.4) is 0 Å². The summed E-state index contributed by atoms with van der Waals surface area (Å²) in [6.45, 7) is 3.33. The van der Waals surface area contributed by atoms with Gasteiger partial charge in [0.2, 0.25) is 5.91 Å². The van der Waals surface area contributed by atoms with E-state index in [1.54, 1.807) is 19.4 Å². The van der Waals surface area contributed by atoms with E-state index in [0.717, 1.165) is 19.6 Å². The molecule has 1 amide bonds. The number of pyridine rings is 1. The molecule has 5 nitrogen and oxygen atoms in total. The molecule has 1 aromatic rings. The number of carbonyl (C=O) groups is 1. The van der Waals surface area contributed by atoms with Gasteiger partial charge in [0.25, 0.3) is 0 Å². The highest BCUT2D eigenvalue weighted by atomic mass is 16.2. The summed E-state index contributed by atoms with van der Waals surface area (Å²) in [4.78, 5) is 18.0. The van der Waals surface area contributed by atoms with Crippen LogP contribution in [0.4, 0.5) is 0 Å². The minimum Gasteiger partial charge on any atom is -0.358 e. The van der Waals surface area contributed by atoms with Crippen LogP contribution in [0.1, 0.15) is 5.56 Å². The third-order valence-electron chi connectivity index (χ3n) is 3.04. The summed E-state index contributed by atoms with van der Waals surface area (Å²) < 4.78 is 0. The molecular formula is C12H18N4O. The second-order valence-corrected chi connectivity index (χ2v) is 4.16. The van der Waals surface area contributed by atoms with Crippen LogP contribution in [0.15, 0.2) is 24.5 Å². The molecule has 0 bridgehead atoms. The number of carbonyl (C=O) groups excluding carboxylic acids is 1. The van der Waals surface area contributed by atoms with Gasteiger partial charge in [-0.2, -0.15) is 0 Å². The molecule has 2 rings (SSSR count). The number of hydrogen-bond acceptors (Lipinski definition) is 4. The van der Waals surface area contributed by atoms with E-state index in [1.807, 2.05) is 12.1 Å². The first-order chi connectivity index (χ1) is 8.31. The summed E-state index contributed by atoms with van der Waals surface area (Å²) in [5, 5.41) is 5.97. The Morgan fingerprint density at radius 3 is 3.06 bits per heavy atom. The van der Waals surface area contributed by atoms with E-state index in [0.29, 0.717) is 6.54 Å². The Labute approximate surface area is 101 Å². The fourth-order valence-electron chi connectivity index (χ4n) is 2.08. The van der Waals surface area contributed by atoms with Crippen molar-refractivity contribution in [2.24, 2.45) is 0 Å². The van der Waals surface area contributed by atoms with Crippen molar-refractivity contribution < 1.29 is 4.79 Å². The Kier molecular flexibility index (Phi) is 4.06. The van der Waals surface area contributed by atoms with Crippen molar-refractivity contribution in [3.8, 4) is 0 Å². The lowest BCUT2D eigenvalue weighted by atomic mass is 10.1. The molecule has 5 heteroatoms. The van der Waals surface area contributed by atoms with Crippen molar-refractivity contribution in [1.29, 1.82) is 0 Å². The Hall–Kier alpha value is -1.46. The van der Waals surface area contributed by atoms with Gasteiger partial charge in [-0.05, 0) is 17.7 Å². The zero-order valence-electron chi connectivity index (χ0n) is 10.0. The Morgan fingerprint density at radius 2 is 2.35 bits per heavy atom. The topological polar surface area (TPSA) is 57.3 Å². The number of nitrogens with zero attached hydrogens (tertiary/aromatic N) is 2. The fraction of sp³-hybridized carbons (Fsp3) is 0.500. The maximum absolute atomic E-state index is 11.8. The SMILES string of the molecule is CNC(=O)C1CNCCN1Cc1ccncc1. The molecule has 0 aliphatic carbocycles. The van der Waals surface area contributed by atoms with Gasteiger partial charge in [-0.1, -0.05) is 0 Å². The summed E-state index contributed by atoms with van der Waals surface area (Å²) in [6, 6.07) is 3.90. The van der Waals surface area contributed by atoms with E-state index in [9.17, 15) is 4.79 Å². The van der Waals surface area contributed by atoms with E-state index in [2.05, 4.69) is 20.5 Å². The Bertz CT molecular complexity index is 368. The second kappa shape index (κ2) is 5.75. The molecule has 1 aliphatic rings. The van der Waals surface area contributed by atoms with E-state index < -0.39 is 0 Å². The minimum atomic E-state index is -0.0816. The van der Waals surface area contributed by atoms with Crippen molar-refractivity contribution in [3.63, 3.8) is 0 Å². The first-order valence-corrected chi connectivity index (χ1v) is 5.86. The average molecular weight is 234 g/mol. The Morgan fingerprint density at radius 1 is 1.59 bits per heavy atom. The van der Waals surface area contributed by atoms with Crippen LogP contribution in [0.5, 0.6) is 0 Å². The minimum absolute atomic E-state index is 0.0752.